The second kappa shape index (κ2) is 5.92. The van der Waals surface area contributed by atoms with Crippen molar-refractivity contribution in [2.24, 2.45) is 5.41 Å². The van der Waals surface area contributed by atoms with Crippen molar-refractivity contribution < 1.29 is 14.6 Å². The smallest absolute Gasteiger partial charge is 0.313 e. The summed E-state index contributed by atoms with van der Waals surface area (Å²) in [7, 11) is 1.72. The highest BCUT2D eigenvalue weighted by Gasteiger charge is 2.43. The summed E-state index contributed by atoms with van der Waals surface area (Å²) < 4.78 is 7.19. The van der Waals surface area contributed by atoms with Crippen LogP contribution in [0.15, 0.2) is 5.16 Å². The number of aromatic nitrogens is 3. The number of thioether (sulfide) groups is 1. The number of hydrogen-bond acceptors (Lipinski definition) is 5. The molecule has 1 N–H and O–H groups in total. The van der Waals surface area contributed by atoms with E-state index in [4.69, 9.17) is 9.84 Å². The maximum atomic E-state index is 10.6. The quantitative estimate of drug-likeness (QED) is 0.731. The van der Waals surface area contributed by atoms with Crippen LogP contribution in [0.3, 0.4) is 0 Å². The van der Waals surface area contributed by atoms with Gasteiger partial charge in [-0.15, -0.1) is 10.2 Å². The van der Waals surface area contributed by atoms with Gasteiger partial charge in [-0.25, -0.2) is 0 Å². The molecule has 106 valence electrons. The molecule has 0 aliphatic heterocycles. The fraction of sp³-hybridized carbons (Fsp3) is 0.750. The third-order valence-corrected chi connectivity index (χ3v) is 4.47. The van der Waals surface area contributed by atoms with Gasteiger partial charge < -0.3 is 14.4 Å². The molecule has 1 aliphatic rings. The van der Waals surface area contributed by atoms with Crippen LogP contribution in [0.4, 0.5) is 0 Å². The highest BCUT2D eigenvalue weighted by molar-refractivity contribution is 7.99. The van der Waals surface area contributed by atoms with E-state index in [1.165, 1.54) is 24.6 Å². The molecule has 0 unspecified atom stereocenters. The van der Waals surface area contributed by atoms with Gasteiger partial charge in [0.1, 0.15) is 5.82 Å². The molecule has 19 heavy (non-hydrogen) atoms. The Labute approximate surface area is 116 Å². The highest BCUT2D eigenvalue weighted by Crippen LogP contribution is 2.50. The summed E-state index contributed by atoms with van der Waals surface area (Å²) >= 11 is 1.23. The number of rotatable bonds is 8. The number of aliphatic carboxylic acids is 1. The Kier molecular flexibility index (Phi) is 4.46. The normalized spacial score (nSPS) is 16.5. The van der Waals surface area contributed by atoms with Crippen LogP contribution in [0, 0.1) is 12.3 Å². The second-order valence-corrected chi connectivity index (χ2v) is 5.98. The van der Waals surface area contributed by atoms with Crippen LogP contribution in [0.2, 0.25) is 0 Å². The Morgan fingerprint density at radius 2 is 2.26 bits per heavy atom. The van der Waals surface area contributed by atoms with Gasteiger partial charge in [0.25, 0.3) is 0 Å². The molecule has 1 aromatic rings. The van der Waals surface area contributed by atoms with E-state index in [1.54, 1.807) is 7.11 Å². The molecule has 1 aromatic heterocycles. The van der Waals surface area contributed by atoms with Crippen LogP contribution in [-0.4, -0.2) is 45.3 Å². The zero-order valence-corrected chi connectivity index (χ0v) is 12.1. The topological polar surface area (TPSA) is 77.2 Å². The first kappa shape index (κ1) is 14.3. The van der Waals surface area contributed by atoms with Crippen molar-refractivity contribution in [3.8, 4) is 0 Å². The summed E-state index contributed by atoms with van der Waals surface area (Å²) in [6.45, 7) is 3.53. The van der Waals surface area contributed by atoms with Crippen molar-refractivity contribution in [2.75, 3.05) is 19.5 Å². The summed E-state index contributed by atoms with van der Waals surface area (Å²) in [6, 6.07) is 0. The Morgan fingerprint density at radius 1 is 1.53 bits per heavy atom. The molecular formula is C12H19N3O3S. The van der Waals surface area contributed by atoms with E-state index < -0.39 is 5.97 Å². The first-order valence-electron chi connectivity index (χ1n) is 6.30. The number of nitrogens with zero attached hydrogens (tertiary/aromatic N) is 3. The molecule has 0 radical (unpaired) electrons. The average Bonchev–Trinajstić information content (AvgIpc) is 3.06. The zero-order valence-electron chi connectivity index (χ0n) is 11.3. The van der Waals surface area contributed by atoms with Crippen LogP contribution in [0.1, 0.15) is 25.1 Å². The van der Waals surface area contributed by atoms with Crippen molar-refractivity contribution in [3.05, 3.63) is 5.82 Å². The van der Waals surface area contributed by atoms with E-state index in [-0.39, 0.29) is 5.75 Å². The van der Waals surface area contributed by atoms with Gasteiger partial charge in [-0.05, 0) is 31.6 Å². The lowest BCUT2D eigenvalue weighted by Gasteiger charge is -2.17. The number of carboxylic acid groups (broad SMARTS) is 1. The standard InChI is InChI=1S/C12H19N3O3S/c1-9-13-14-11(19-7-10(16)17)15(9)8-12(3-4-12)5-6-18-2/h3-8H2,1-2H3,(H,16,17). The number of hydrogen-bond donors (Lipinski definition) is 1. The molecule has 0 saturated heterocycles. The van der Waals surface area contributed by atoms with Gasteiger partial charge in [-0.3, -0.25) is 4.79 Å². The Hall–Kier alpha value is -1.08. The van der Waals surface area contributed by atoms with Crippen molar-refractivity contribution in [2.45, 2.75) is 37.9 Å². The van der Waals surface area contributed by atoms with Gasteiger partial charge in [-0.1, -0.05) is 11.8 Å². The Morgan fingerprint density at radius 3 is 2.84 bits per heavy atom. The van der Waals surface area contributed by atoms with Crippen molar-refractivity contribution in [1.29, 1.82) is 0 Å². The Balaban J connectivity index is 2.03. The molecule has 0 aromatic carbocycles. The molecule has 1 saturated carbocycles. The minimum atomic E-state index is -0.835. The molecule has 1 fully saturated rings. The largest absolute Gasteiger partial charge is 0.481 e. The van der Waals surface area contributed by atoms with Gasteiger partial charge in [0.2, 0.25) is 0 Å². The molecule has 1 aliphatic carbocycles. The number of carboxylic acids is 1. The van der Waals surface area contributed by atoms with Gasteiger partial charge in [-0.2, -0.15) is 0 Å². The maximum Gasteiger partial charge on any atom is 0.313 e. The van der Waals surface area contributed by atoms with Crippen molar-refractivity contribution in [1.82, 2.24) is 14.8 Å². The summed E-state index contributed by atoms with van der Waals surface area (Å²) in [5, 5.41) is 17.6. The van der Waals surface area contributed by atoms with Gasteiger partial charge in [0, 0.05) is 20.3 Å². The molecule has 0 amide bonds. The van der Waals surface area contributed by atoms with E-state index in [0.717, 1.165) is 25.4 Å². The number of aryl methyl sites for hydroxylation is 1. The summed E-state index contributed by atoms with van der Waals surface area (Å²) in [5.41, 5.74) is 0.293. The van der Waals surface area contributed by atoms with Crippen LogP contribution < -0.4 is 0 Å². The third-order valence-electron chi connectivity index (χ3n) is 3.51. The fourth-order valence-electron chi connectivity index (χ4n) is 2.09. The lowest BCUT2D eigenvalue weighted by Crippen LogP contribution is -2.16. The first-order chi connectivity index (χ1) is 9.06. The lowest BCUT2D eigenvalue weighted by atomic mass is 10.0. The van der Waals surface area contributed by atoms with E-state index in [9.17, 15) is 4.79 Å². The summed E-state index contributed by atoms with van der Waals surface area (Å²) in [5.74, 6) is 0.0257. The number of ether oxygens (including phenoxy) is 1. The van der Waals surface area contributed by atoms with Crippen LogP contribution >= 0.6 is 11.8 Å². The van der Waals surface area contributed by atoms with E-state index in [0.29, 0.717) is 10.6 Å². The molecular weight excluding hydrogens is 266 g/mol. The van der Waals surface area contributed by atoms with Gasteiger partial charge >= 0.3 is 5.97 Å². The summed E-state index contributed by atoms with van der Waals surface area (Å²) in [4.78, 5) is 10.6. The molecule has 1 heterocycles. The van der Waals surface area contributed by atoms with Gasteiger partial charge in [0.15, 0.2) is 5.16 Å². The van der Waals surface area contributed by atoms with Crippen LogP contribution in [0.5, 0.6) is 0 Å². The minimum Gasteiger partial charge on any atom is -0.481 e. The molecule has 6 nitrogen and oxygen atoms in total. The van der Waals surface area contributed by atoms with E-state index in [2.05, 4.69) is 10.2 Å². The van der Waals surface area contributed by atoms with Gasteiger partial charge in [0.05, 0.1) is 5.75 Å². The molecule has 0 spiro atoms. The second-order valence-electron chi connectivity index (χ2n) is 5.04. The summed E-state index contributed by atoms with van der Waals surface area (Å²) in [6.07, 6.45) is 3.41. The molecule has 0 bridgehead atoms. The fourth-order valence-corrected chi connectivity index (χ4v) is 2.80. The monoisotopic (exact) mass is 285 g/mol. The van der Waals surface area contributed by atoms with Crippen molar-refractivity contribution in [3.63, 3.8) is 0 Å². The van der Waals surface area contributed by atoms with E-state index in [1.807, 2.05) is 11.5 Å². The van der Waals surface area contributed by atoms with Crippen molar-refractivity contribution >= 4 is 17.7 Å². The predicted octanol–water partition coefficient (Wildman–Crippen LogP) is 1.58. The number of carbonyl (C=O) groups is 1. The molecule has 2 rings (SSSR count). The highest BCUT2D eigenvalue weighted by atomic mass is 32.2. The zero-order chi connectivity index (χ0) is 13.9. The maximum absolute atomic E-state index is 10.6. The lowest BCUT2D eigenvalue weighted by molar-refractivity contribution is -0.133. The first-order valence-corrected chi connectivity index (χ1v) is 7.28. The Bertz CT molecular complexity index is 457. The SMILES string of the molecule is COCCC1(Cn2c(C)nnc2SCC(=O)O)CC1. The minimum absolute atomic E-state index is 0.0171. The van der Waals surface area contributed by atoms with E-state index >= 15 is 0 Å². The predicted molar refractivity (Wildman–Crippen MR) is 71.3 cm³/mol. The third kappa shape index (κ3) is 3.70. The number of methoxy groups -OCH3 is 1. The average molecular weight is 285 g/mol. The molecule has 7 heteroatoms. The van der Waals surface area contributed by atoms with Crippen LogP contribution in [0.25, 0.3) is 0 Å². The molecule has 0 atom stereocenters. The van der Waals surface area contributed by atoms with Crippen LogP contribution in [-0.2, 0) is 16.1 Å².